The molecule has 1 aromatic rings. The lowest BCUT2D eigenvalue weighted by atomic mass is 9.83. The number of carbonyl (C=O) groups is 1. The second kappa shape index (κ2) is 9.71. The summed E-state index contributed by atoms with van der Waals surface area (Å²) < 4.78 is 6.20. The predicted octanol–water partition coefficient (Wildman–Crippen LogP) is 2.57. The van der Waals surface area contributed by atoms with Crippen LogP contribution < -0.4 is 10.6 Å². The van der Waals surface area contributed by atoms with E-state index in [1.54, 1.807) is 11.3 Å². The van der Waals surface area contributed by atoms with Gasteiger partial charge in [0.2, 0.25) is 0 Å². The van der Waals surface area contributed by atoms with E-state index in [1.165, 1.54) is 36.4 Å². The Labute approximate surface area is 172 Å². The van der Waals surface area contributed by atoms with Crippen LogP contribution in [0.25, 0.3) is 0 Å². The van der Waals surface area contributed by atoms with E-state index in [4.69, 9.17) is 4.74 Å². The number of nitrogens with zero attached hydrogens (tertiary/aromatic N) is 1. The van der Waals surface area contributed by atoms with Gasteiger partial charge in [0.1, 0.15) is 0 Å². The third kappa shape index (κ3) is 4.54. The van der Waals surface area contributed by atoms with Crippen molar-refractivity contribution in [2.45, 2.75) is 37.7 Å². The minimum atomic E-state index is -0.149. The highest BCUT2D eigenvalue weighted by Crippen LogP contribution is 2.43. The number of fused-ring (bicyclic) bond motifs is 2. The van der Waals surface area contributed by atoms with Crippen molar-refractivity contribution in [3.8, 4) is 0 Å². The Balaban J connectivity index is 0.00000121. The highest BCUT2D eigenvalue weighted by molar-refractivity contribution is 7.14. The molecule has 5 nitrogen and oxygen atoms in total. The number of thiophene rings is 1. The second-order valence-corrected chi connectivity index (χ2v) is 8.23. The molecule has 2 fully saturated rings. The molecule has 3 aliphatic heterocycles. The van der Waals surface area contributed by atoms with E-state index in [9.17, 15) is 4.79 Å². The largest absolute Gasteiger partial charge is 0.370 e. The van der Waals surface area contributed by atoms with Crippen LogP contribution in [0.15, 0.2) is 6.07 Å². The maximum Gasteiger partial charge on any atom is 0.261 e. The van der Waals surface area contributed by atoms with Crippen molar-refractivity contribution in [3.63, 3.8) is 0 Å². The van der Waals surface area contributed by atoms with Gasteiger partial charge in [0.25, 0.3) is 5.91 Å². The molecule has 0 aromatic carbocycles. The van der Waals surface area contributed by atoms with Crippen LogP contribution >= 0.6 is 36.2 Å². The van der Waals surface area contributed by atoms with Crippen molar-refractivity contribution in [2.75, 3.05) is 45.9 Å². The van der Waals surface area contributed by atoms with Crippen molar-refractivity contribution in [2.24, 2.45) is 0 Å². The van der Waals surface area contributed by atoms with E-state index in [0.717, 1.165) is 56.9 Å². The third-order valence-corrected chi connectivity index (χ3v) is 6.75. The Bertz CT molecular complexity index is 599. The van der Waals surface area contributed by atoms with Crippen molar-refractivity contribution < 1.29 is 9.53 Å². The van der Waals surface area contributed by atoms with Crippen LogP contribution in [0.3, 0.4) is 0 Å². The molecule has 26 heavy (non-hydrogen) atoms. The van der Waals surface area contributed by atoms with E-state index in [1.807, 2.05) is 0 Å². The molecule has 0 radical (unpaired) electrons. The number of likely N-dealkylation sites (tertiary alicyclic amines) is 1. The fourth-order valence-corrected chi connectivity index (χ4v) is 5.34. The molecule has 3 aliphatic rings. The molecule has 4 heterocycles. The SMILES string of the molecule is Cl.Cl.O=C(NCCN1CCCC1)c1cc2c(s1)CCOC21CCNCC1. The summed E-state index contributed by atoms with van der Waals surface area (Å²) >= 11 is 1.67. The molecule has 1 amide bonds. The maximum absolute atomic E-state index is 12.5. The molecule has 0 aliphatic carbocycles. The third-order valence-electron chi connectivity index (χ3n) is 5.55. The average Bonchev–Trinajstić information content (AvgIpc) is 3.26. The van der Waals surface area contributed by atoms with Gasteiger partial charge in [0, 0.05) is 24.4 Å². The first-order valence-electron chi connectivity index (χ1n) is 9.25. The Morgan fingerprint density at radius 1 is 1.27 bits per heavy atom. The minimum absolute atomic E-state index is 0. The van der Waals surface area contributed by atoms with Gasteiger partial charge in [-0.2, -0.15) is 0 Å². The number of amides is 1. The molecule has 2 N–H and O–H groups in total. The summed E-state index contributed by atoms with van der Waals surface area (Å²) in [5, 5.41) is 6.51. The van der Waals surface area contributed by atoms with Crippen LogP contribution in [-0.4, -0.2) is 56.7 Å². The van der Waals surface area contributed by atoms with E-state index in [-0.39, 0.29) is 36.3 Å². The molecule has 2 saturated heterocycles. The Kier molecular flexibility index (Phi) is 8.19. The monoisotopic (exact) mass is 421 g/mol. The summed E-state index contributed by atoms with van der Waals surface area (Å²) in [4.78, 5) is 17.2. The summed E-state index contributed by atoms with van der Waals surface area (Å²) in [6.07, 6.45) is 5.54. The summed E-state index contributed by atoms with van der Waals surface area (Å²) in [5.74, 6) is 0.0812. The zero-order valence-electron chi connectivity index (χ0n) is 15.1. The normalized spacial score (nSPS) is 21.5. The van der Waals surface area contributed by atoms with Crippen molar-refractivity contribution >= 4 is 42.1 Å². The average molecular weight is 422 g/mol. The summed E-state index contributed by atoms with van der Waals surface area (Å²) in [6, 6.07) is 2.11. The van der Waals surface area contributed by atoms with Crippen molar-refractivity contribution in [1.82, 2.24) is 15.5 Å². The highest BCUT2D eigenvalue weighted by Gasteiger charge is 2.40. The first-order valence-corrected chi connectivity index (χ1v) is 10.1. The van der Waals surface area contributed by atoms with Crippen LogP contribution in [0.5, 0.6) is 0 Å². The van der Waals surface area contributed by atoms with Crippen LogP contribution in [-0.2, 0) is 16.8 Å². The lowest BCUT2D eigenvalue weighted by Crippen LogP contribution is -2.44. The summed E-state index contributed by atoms with van der Waals surface area (Å²) in [6.45, 7) is 6.83. The van der Waals surface area contributed by atoms with Gasteiger partial charge >= 0.3 is 0 Å². The van der Waals surface area contributed by atoms with E-state index >= 15 is 0 Å². The minimum Gasteiger partial charge on any atom is -0.370 e. The fraction of sp³-hybridized carbons (Fsp3) is 0.722. The van der Waals surface area contributed by atoms with Gasteiger partial charge in [-0.25, -0.2) is 0 Å². The molecule has 148 valence electrons. The Morgan fingerprint density at radius 3 is 2.73 bits per heavy atom. The highest BCUT2D eigenvalue weighted by atomic mass is 35.5. The van der Waals surface area contributed by atoms with E-state index in [2.05, 4.69) is 21.6 Å². The molecule has 1 aromatic heterocycles. The number of nitrogens with one attached hydrogen (secondary N) is 2. The molecule has 8 heteroatoms. The van der Waals surface area contributed by atoms with Gasteiger partial charge < -0.3 is 20.3 Å². The summed E-state index contributed by atoms with van der Waals surface area (Å²) in [7, 11) is 0. The topological polar surface area (TPSA) is 53.6 Å². The quantitative estimate of drug-likeness (QED) is 0.783. The number of carbonyl (C=O) groups excluding carboxylic acids is 1. The number of halogens is 2. The van der Waals surface area contributed by atoms with Crippen molar-refractivity contribution in [3.05, 3.63) is 21.4 Å². The molecule has 0 saturated carbocycles. The number of piperidine rings is 1. The number of hydrogen-bond acceptors (Lipinski definition) is 5. The van der Waals surface area contributed by atoms with Gasteiger partial charge in [0.15, 0.2) is 0 Å². The van der Waals surface area contributed by atoms with Gasteiger partial charge in [-0.15, -0.1) is 36.2 Å². The molecular formula is C18H29Cl2N3O2S. The molecule has 0 bridgehead atoms. The number of ether oxygens (including phenoxy) is 1. The summed E-state index contributed by atoms with van der Waals surface area (Å²) in [5.41, 5.74) is 1.13. The van der Waals surface area contributed by atoms with Crippen LogP contribution in [0.2, 0.25) is 0 Å². The Morgan fingerprint density at radius 2 is 2.00 bits per heavy atom. The molecule has 0 atom stereocenters. The van der Waals surface area contributed by atoms with Crippen LogP contribution in [0.4, 0.5) is 0 Å². The van der Waals surface area contributed by atoms with Gasteiger partial charge in [-0.1, -0.05) is 0 Å². The first kappa shape index (κ1) is 21.9. The molecule has 4 rings (SSSR count). The fourth-order valence-electron chi connectivity index (χ4n) is 4.19. The molecule has 0 unspecified atom stereocenters. The van der Waals surface area contributed by atoms with E-state index < -0.39 is 0 Å². The van der Waals surface area contributed by atoms with E-state index in [0.29, 0.717) is 0 Å². The second-order valence-electron chi connectivity index (χ2n) is 7.09. The smallest absolute Gasteiger partial charge is 0.261 e. The standard InChI is InChI=1S/C18H27N3O2S.2ClH/c22-17(20-8-11-21-9-1-2-10-21)16-13-14-15(24-16)3-12-23-18(14)4-6-19-7-5-18;;/h13,19H,1-12H2,(H,20,22);2*1H. The Hall–Kier alpha value is -0.370. The van der Waals surface area contributed by atoms with Crippen molar-refractivity contribution in [1.29, 1.82) is 0 Å². The molecule has 1 spiro atoms. The lowest BCUT2D eigenvalue weighted by molar-refractivity contribution is -0.0792. The van der Waals surface area contributed by atoms with Gasteiger partial charge in [-0.3, -0.25) is 4.79 Å². The van der Waals surface area contributed by atoms with Gasteiger partial charge in [-0.05, 0) is 63.5 Å². The van der Waals surface area contributed by atoms with Crippen LogP contribution in [0.1, 0.15) is 45.8 Å². The number of rotatable bonds is 4. The zero-order valence-corrected chi connectivity index (χ0v) is 17.5. The molecular weight excluding hydrogens is 393 g/mol. The van der Waals surface area contributed by atoms with Crippen LogP contribution in [0, 0.1) is 0 Å². The zero-order chi connectivity index (χ0) is 16.4. The van der Waals surface area contributed by atoms with Gasteiger partial charge in [0.05, 0.1) is 17.1 Å². The lowest BCUT2D eigenvalue weighted by Gasteiger charge is -2.40. The number of hydrogen-bond donors (Lipinski definition) is 2. The first-order chi connectivity index (χ1) is 11.8. The predicted molar refractivity (Wildman–Crippen MR) is 110 cm³/mol. The maximum atomic E-state index is 12.5.